The number of carbonyl (C=O) groups excluding carboxylic acids is 1. The van der Waals surface area contributed by atoms with Crippen LogP contribution < -0.4 is 5.32 Å². The third-order valence-corrected chi connectivity index (χ3v) is 5.55. The van der Waals surface area contributed by atoms with E-state index in [2.05, 4.69) is 29.6 Å². The van der Waals surface area contributed by atoms with Crippen LogP contribution in [0, 0.1) is 0 Å². The minimum Gasteiger partial charge on any atom is -0.324 e. The molecule has 2 nitrogen and oxygen atoms in total. The van der Waals surface area contributed by atoms with Gasteiger partial charge in [0.1, 0.15) is 0 Å². The number of carbonyl (C=O) groups is 1. The first kappa shape index (κ1) is 19.9. The van der Waals surface area contributed by atoms with E-state index in [0.29, 0.717) is 10.7 Å². The number of rotatable bonds is 6. The Balaban J connectivity index is 1.83. The fraction of sp³-hybridized carbons (Fsp3) is 0.0741. The summed E-state index contributed by atoms with van der Waals surface area (Å²) in [7, 11) is 0. The second kappa shape index (κ2) is 9.43. The molecule has 0 aliphatic heterocycles. The maximum atomic E-state index is 13.7. The minimum absolute atomic E-state index is 0.0907. The number of nitrogens with one attached hydrogen (secondary N) is 1. The Hall–Kier alpha value is -3.36. The summed E-state index contributed by atoms with van der Waals surface area (Å²) < 4.78 is 0. The Morgan fingerprint density at radius 1 is 0.600 bits per heavy atom. The van der Waals surface area contributed by atoms with Gasteiger partial charge in [0, 0.05) is 5.92 Å². The molecule has 0 aliphatic carbocycles. The zero-order chi connectivity index (χ0) is 20.8. The van der Waals surface area contributed by atoms with Crippen LogP contribution in [-0.2, 0) is 4.79 Å². The molecule has 0 saturated carbocycles. The van der Waals surface area contributed by atoms with Crippen molar-refractivity contribution in [3.63, 3.8) is 0 Å². The molecular weight excluding hydrogens is 390 g/mol. The first-order valence-electron chi connectivity index (χ1n) is 9.94. The number of halogens is 1. The predicted molar refractivity (Wildman–Crippen MR) is 124 cm³/mol. The Bertz CT molecular complexity index is 1060. The number of anilines is 1. The molecule has 0 aromatic heterocycles. The molecule has 0 spiro atoms. The van der Waals surface area contributed by atoms with Crippen LogP contribution in [-0.4, -0.2) is 5.91 Å². The highest BCUT2D eigenvalue weighted by Gasteiger charge is 2.32. The van der Waals surface area contributed by atoms with Gasteiger partial charge in [-0.1, -0.05) is 115 Å². The van der Waals surface area contributed by atoms with E-state index < -0.39 is 5.92 Å². The number of hydrogen-bond donors (Lipinski definition) is 1. The summed E-state index contributed by atoms with van der Waals surface area (Å²) in [6, 6.07) is 37.6. The zero-order valence-corrected chi connectivity index (χ0v) is 17.2. The number of para-hydroxylation sites is 1. The lowest BCUT2D eigenvalue weighted by Gasteiger charge is -2.28. The molecule has 0 heterocycles. The molecule has 1 atom stereocenters. The first-order chi connectivity index (χ1) is 14.7. The molecule has 0 fully saturated rings. The standard InChI is InChI=1S/C27H22ClNO/c28-23-18-10-11-19-24(23)29-27(30)26(22-16-8-3-9-17-22)25(20-12-4-1-5-13-20)21-14-6-2-7-15-21/h1-19,25-26H,(H,29,30)/t26-/m0/s1. The molecule has 1 N–H and O–H groups in total. The van der Waals surface area contributed by atoms with E-state index in [-0.39, 0.29) is 11.8 Å². The molecule has 30 heavy (non-hydrogen) atoms. The van der Waals surface area contributed by atoms with Crippen molar-refractivity contribution in [3.8, 4) is 0 Å². The smallest absolute Gasteiger partial charge is 0.232 e. The summed E-state index contributed by atoms with van der Waals surface area (Å²) in [4.78, 5) is 13.7. The normalized spacial score (nSPS) is 11.8. The fourth-order valence-corrected chi connectivity index (χ4v) is 4.01. The van der Waals surface area contributed by atoms with Gasteiger partial charge in [0.15, 0.2) is 0 Å². The van der Waals surface area contributed by atoms with Crippen molar-refractivity contribution in [1.82, 2.24) is 0 Å². The fourth-order valence-electron chi connectivity index (χ4n) is 3.83. The van der Waals surface area contributed by atoms with Crippen LogP contribution in [0.4, 0.5) is 5.69 Å². The van der Waals surface area contributed by atoms with Crippen molar-refractivity contribution in [2.45, 2.75) is 11.8 Å². The van der Waals surface area contributed by atoms with Gasteiger partial charge in [0.2, 0.25) is 5.91 Å². The van der Waals surface area contributed by atoms with Gasteiger partial charge in [0.05, 0.1) is 16.6 Å². The van der Waals surface area contributed by atoms with E-state index in [0.717, 1.165) is 16.7 Å². The van der Waals surface area contributed by atoms with Gasteiger partial charge < -0.3 is 5.32 Å². The van der Waals surface area contributed by atoms with Gasteiger partial charge in [-0.3, -0.25) is 4.79 Å². The summed E-state index contributed by atoms with van der Waals surface area (Å²) in [5, 5.41) is 3.58. The lowest BCUT2D eigenvalue weighted by atomic mass is 9.76. The molecule has 0 bridgehead atoms. The minimum atomic E-state index is -0.424. The average molecular weight is 412 g/mol. The SMILES string of the molecule is O=C(Nc1ccccc1Cl)[C@@H](c1ccccc1)C(c1ccccc1)c1ccccc1. The van der Waals surface area contributed by atoms with Crippen molar-refractivity contribution < 1.29 is 4.79 Å². The van der Waals surface area contributed by atoms with Crippen molar-refractivity contribution >= 4 is 23.2 Å². The summed E-state index contributed by atoms with van der Waals surface area (Å²) in [6.45, 7) is 0. The van der Waals surface area contributed by atoms with E-state index in [1.807, 2.05) is 84.9 Å². The molecule has 4 aromatic carbocycles. The first-order valence-corrected chi connectivity index (χ1v) is 10.3. The third-order valence-electron chi connectivity index (χ3n) is 5.22. The zero-order valence-electron chi connectivity index (χ0n) is 16.4. The molecule has 0 aliphatic rings. The molecule has 4 rings (SSSR count). The van der Waals surface area contributed by atoms with Gasteiger partial charge in [-0.2, -0.15) is 0 Å². The van der Waals surface area contributed by atoms with Crippen LogP contribution >= 0.6 is 11.6 Å². The monoisotopic (exact) mass is 411 g/mol. The molecule has 3 heteroatoms. The van der Waals surface area contributed by atoms with Crippen LogP contribution in [0.15, 0.2) is 115 Å². The van der Waals surface area contributed by atoms with Gasteiger partial charge in [-0.05, 0) is 28.8 Å². The lowest BCUT2D eigenvalue weighted by Crippen LogP contribution is -2.27. The highest BCUT2D eigenvalue weighted by atomic mass is 35.5. The van der Waals surface area contributed by atoms with Gasteiger partial charge in [0.25, 0.3) is 0 Å². The highest BCUT2D eigenvalue weighted by molar-refractivity contribution is 6.33. The largest absolute Gasteiger partial charge is 0.324 e. The second-order valence-corrected chi connectivity index (χ2v) is 7.56. The topological polar surface area (TPSA) is 29.1 Å². The van der Waals surface area contributed by atoms with Crippen LogP contribution in [0.25, 0.3) is 0 Å². The van der Waals surface area contributed by atoms with Gasteiger partial charge in [-0.25, -0.2) is 0 Å². The third kappa shape index (κ3) is 4.45. The van der Waals surface area contributed by atoms with Crippen LogP contribution in [0.3, 0.4) is 0 Å². The van der Waals surface area contributed by atoms with Crippen molar-refractivity contribution in [2.24, 2.45) is 0 Å². The van der Waals surface area contributed by atoms with E-state index in [4.69, 9.17) is 11.6 Å². The number of hydrogen-bond acceptors (Lipinski definition) is 1. The summed E-state index contributed by atoms with van der Waals surface area (Å²) >= 11 is 6.32. The maximum Gasteiger partial charge on any atom is 0.232 e. The van der Waals surface area contributed by atoms with Crippen LogP contribution in [0.5, 0.6) is 0 Å². The molecule has 148 valence electrons. The van der Waals surface area contributed by atoms with Crippen molar-refractivity contribution in [2.75, 3.05) is 5.32 Å². The molecule has 0 radical (unpaired) electrons. The molecule has 0 saturated heterocycles. The molecule has 4 aromatic rings. The second-order valence-electron chi connectivity index (χ2n) is 7.16. The molecule has 1 amide bonds. The van der Waals surface area contributed by atoms with Crippen molar-refractivity contribution in [1.29, 1.82) is 0 Å². The van der Waals surface area contributed by atoms with Crippen LogP contribution in [0.2, 0.25) is 5.02 Å². The molecular formula is C27H22ClNO. The Morgan fingerprint density at radius 2 is 1.03 bits per heavy atom. The van der Waals surface area contributed by atoms with E-state index in [1.54, 1.807) is 6.07 Å². The van der Waals surface area contributed by atoms with E-state index in [1.165, 1.54) is 0 Å². The van der Waals surface area contributed by atoms with E-state index >= 15 is 0 Å². The molecule has 0 unspecified atom stereocenters. The van der Waals surface area contributed by atoms with Gasteiger partial charge >= 0.3 is 0 Å². The maximum absolute atomic E-state index is 13.7. The summed E-state index contributed by atoms with van der Waals surface area (Å²) in [5.74, 6) is -0.656. The predicted octanol–water partition coefficient (Wildman–Crippen LogP) is 6.89. The number of benzene rings is 4. The Kier molecular flexibility index (Phi) is 6.26. The van der Waals surface area contributed by atoms with E-state index in [9.17, 15) is 4.79 Å². The number of amides is 1. The summed E-state index contributed by atoms with van der Waals surface area (Å²) in [5.41, 5.74) is 3.75. The Morgan fingerprint density at radius 3 is 1.53 bits per heavy atom. The summed E-state index contributed by atoms with van der Waals surface area (Å²) in [6.07, 6.45) is 0. The average Bonchev–Trinajstić information content (AvgIpc) is 2.80. The van der Waals surface area contributed by atoms with Crippen molar-refractivity contribution in [3.05, 3.63) is 137 Å². The van der Waals surface area contributed by atoms with Crippen LogP contribution in [0.1, 0.15) is 28.5 Å². The Labute approximate surface area is 182 Å². The highest BCUT2D eigenvalue weighted by Crippen LogP contribution is 2.39. The quantitative estimate of drug-likeness (QED) is 0.367. The lowest BCUT2D eigenvalue weighted by molar-refractivity contribution is -0.117. The van der Waals surface area contributed by atoms with Gasteiger partial charge in [-0.15, -0.1) is 0 Å².